The van der Waals surface area contributed by atoms with Crippen molar-refractivity contribution in [2.45, 2.75) is 19.4 Å². The van der Waals surface area contributed by atoms with Crippen LogP contribution in [0.3, 0.4) is 0 Å². The van der Waals surface area contributed by atoms with Crippen molar-refractivity contribution in [3.05, 3.63) is 5.21 Å². The standard InChI is InChI=1S/C4H8NO3/c1-3(6)2-4(7)5-8/h3,6H,2H2,1H3,(H-,5,7,8)/q-1. The molecular weight excluding hydrogens is 110 g/mol. The zero-order valence-corrected chi connectivity index (χ0v) is 4.55. The van der Waals surface area contributed by atoms with Gasteiger partial charge < -0.3 is 15.8 Å². The fourth-order valence-electron chi connectivity index (χ4n) is 0.310. The van der Waals surface area contributed by atoms with Gasteiger partial charge >= 0.3 is 0 Å². The van der Waals surface area contributed by atoms with Crippen molar-refractivity contribution in [3.8, 4) is 0 Å². The van der Waals surface area contributed by atoms with E-state index in [4.69, 9.17) is 5.11 Å². The molecule has 0 aromatic heterocycles. The summed E-state index contributed by atoms with van der Waals surface area (Å²) in [6.45, 7) is 1.44. The van der Waals surface area contributed by atoms with Crippen LogP contribution < -0.4 is 5.48 Å². The maximum atomic E-state index is 10.0. The maximum Gasteiger partial charge on any atom is 0.212 e. The van der Waals surface area contributed by atoms with Gasteiger partial charge in [-0.2, -0.15) is 0 Å². The average molecular weight is 118 g/mol. The van der Waals surface area contributed by atoms with Crippen molar-refractivity contribution < 1.29 is 9.90 Å². The van der Waals surface area contributed by atoms with E-state index in [0.717, 1.165) is 5.48 Å². The molecule has 0 heterocycles. The number of nitrogens with one attached hydrogen (secondary N) is 1. The van der Waals surface area contributed by atoms with Crippen molar-refractivity contribution in [3.63, 3.8) is 0 Å². The first-order valence-electron chi connectivity index (χ1n) is 2.26. The lowest BCUT2D eigenvalue weighted by Crippen LogP contribution is -2.20. The highest BCUT2D eigenvalue weighted by Gasteiger charge is 1.99. The van der Waals surface area contributed by atoms with Gasteiger partial charge in [-0.25, -0.2) is 0 Å². The van der Waals surface area contributed by atoms with Gasteiger partial charge in [0.25, 0.3) is 0 Å². The molecule has 0 bridgehead atoms. The molecule has 48 valence electrons. The van der Waals surface area contributed by atoms with Crippen molar-refractivity contribution in [1.29, 1.82) is 0 Å². The lowest BCUT2D eigenvalue weighted by atomic mass is 10.3. The number of amides is 1. The zero-order valence-electron chi connectivity index (χ0n) is 4.55. The summed E-state index contributed by atoms with van der Waals surface area (Å²) in [7, 11) is 0. The summed E-state index contributed by atoms with van der Waals surface area (Å²) >= 11 is 0. The van der Waals surface area contributed by atoms with Crippen molar-refractivity contribution in [1.82, 2.24) is 5.48 Å². The van der Waals surface area contributed by atoms with Gasteiger partial charge in [0.1, 0.15) is 0 Å². The van der Waals surface area contributed by atoms with Crippen LogP contribution in [0.25, 0.3) is 0 Å². The third-order valence-electron chi connectivity index (χ3n) is 0.595. The second-order valence-corrected chi connectivity index (χ2v) is 1.58. The highest BCUT2D eigenvalue weighted by Crippen LogP contribution is 1.86. The molecular formula is C4H8NO3-. The third-order valence-corrected chi connectivity index (χ3v) is 0.595. The Morgan fingerprint density at radius 3 is 2.62 bits per heavy atom. The first-order valence-corrected chi connectivity index (χ1v) is 2.26. The Bertz CT molecular complexity index is 81.4. The molecule has 1 atom stereocenters. The van der Waals surface area contributed by atoms with Gasteiger partial charge in [-0.15, -0.1) is 0 Å². The predicted octanol–water partition coefficient (Wildman–Crippen LogP) is -0.629. The summed E-state index contributed by atoms with van der Waals surface area (Å²) in [6.07, 6.45) is -0.854. The van der Waals surface area contributed by atoms with Crippen LogP contribution in [0.1, 0.15) is 13.3 Å². The molecule has 1 unspecified atom stereocenters. The molecule has 0 aromatic carbocycles. The number of hydroxylamine groups is 1. The van der Waals surface area contributed by atoms with Crippen LogP contribution in [-0.4, -0.2) is 17.1 Å². The number of aliphatic hydroxyl groups excluding tert-OH is 1. The molecule has 0 aliphatic rings. The van der Waals surface area contributed by atoms with Crippen molar-refractivity contribution in [2.75, 3.05) is 0 Å². The minimum atomic E-state index is -0.732. The topological polar surface area (TPSA) is 72.4 Å². The van der Waals surface area contributed by atoms with E-state index in [1.165, 1.54) is 6.92 Å². The van der Waals surface area contributed by atoms with E-state index >= 15 is 0 Å². The molecule has 0 aromatic rings. The van der Waals surface area contributed by atoms with Gasteiger partial charge in [-0.05, 0) is 6.92 Å². The fraction of sp³-hybridized carbons (Fsp3) is 0.750. The number of carbonyl (C=O) groups is 1. The Hall–Kier alpha value is -0.610. The highest BCUT2D eigenvalue weighted by atomic mass is 16.5. The smallest absolute Gasteiger partial charge is 0.212 e. The largest absolute Gasteiger partial charge is 0.759 e. The van der Waals surface area contributed by atoms with Gasteiger partial charge in [0.15, 0.2) is 0 Å². The molecule has 0 rings (SSSR count). The van der Waals surface area contributed by atoms with Crippen LogP contribution in [0.15, 0.2) is 0 Å². The summed E-state index contributed by atoms with van der Waals surface area (Å²) in [5.74, 6) is -0.681. The van der Waals surface area contributed by atoms with E-state index in [1.54, 1.807) is 0 Å². The van der Waals surface area contributed by atoms with Crippen LogP contribution in [0.4, 0.5) is 0 Å². The zero-order chi connectivity index (χ0) is 6.57. The fourth-order valence-corrected chi connectivity index (χ4v) is 0.310. The highest BCUT2D eigenvalue weighted by molar-refractivity contribution is 5.76. The number of aliphatic hydroxyl groups is 1. The molecule has 0 aliphatic carbocycles. The molecule has 1 amide bonds. The van der Waals surface area contributed by atoms with Crippen molar-refractivity contribution >= 4 is 5.91 Å². The number of carbonyl (C=O) groups excluding carboxylic acids is 1. The summed E-state index contributed by atoms with van der Waals surface area (Å²) in [5.41, 5.74) is 1.15. The van der Waals surface area contributed by atoms with Crippen LogP contribution in [-0.2, 0) is 4.79 Å². The quantitative estimate of drug-likeness (QED) is 0.474. The van der Waals surface area contributed by atoms with Crippen LogP contribution in [0.5, 0.6) is 0 Å². The van der Waals surface area contributed by atoms with Gasteiger partial charge in [-0.1, -0.05) is 0 Å². The Kier molecular flexibility index (Phi) is 3.14. The van der Waals surface area contributed by atoms with E-state index in [0.29, 0.717) is 0 Å². The molecule has 0 saturated carbocycles. The average Bonchev–Trinajstić information content (AvgIpc) is 1.65. The third kappa shape index (κ3) is 3.58. The Balaban J connectivity index is 3.25. The number of hydrogen-bond donors (Lipinski definition) is 2. The SMILES string of the molecule is CC(O)CC(=O)N[O-]. The molecule has 2 N–H and O–H groups in total. The molecule has 8 heavy (non-hydrogen) atoms. The summed E-state index contributed by atoms with van der Waals surface area (Å²) in [6, 6.07) is 0. The molecule has 0 saturated heterocycles. The van der Waals surface area contributed by atoms with Crippen LogP contribution >= 0.6 is 0 Å². The molecule has 0 aliphatic heterocycles. The Labute approximate surface area is 47.1 Å². The minimum Gasteiger partial charge on any atom is -0.759 e. The van der Waals surface area contributed by atoms with E-state index in [-0.39, 0.29) is 6.42 Å². The number of hydrogen-bond acceptors (Lipinski definition) is 3. The van der Waals surface area contributed by atoms with E-state index in [2.05, 4.69) is 0 Å². The molecule has 0 fully saturated rings. The maximum absolute atomic E-state index is 10.0. The van der Waals surface area contributed by atoms with Gasteiger partial charge in [0.2, 0.25) is 5.91 Å². The Morgan fingerprint density at radius 1 is 2.00 bits per heavy atom. The van der Waals surface area contributed by atoms with E-state index < -0.39 is 12.0 Å². The Morgan fingerprint density at radius 2 is 2.50 bits per heavy atom. The van der Waals surface area contributed by atoms with Crippen molar-refractivity contribution in [2.24, 2.45) is 0 Å². The lowest BCUT2D eigenvalue weighted by molar-refractivity contribution is -0.121. The molecule has 4 heteroatoms. The second kappa shape index (κ2) is 3.40. The first-order chi connectivity index (χ1) is 3.66. The predicted molar refractivity (Wildman–Crippen MR) is 27.8 cm³/mol. The first kappa shape index (κ1) is 7.39. The normalized spacial score (nSPS) is 12.9. The summed E-state index contributed by atoms with van der Waals surface area (Å²) < 4.78 is 0. The van der Waals surface area contributed by atoms with E-state index in [9.17, 15) is 10.0 Å². The molecule has 0 spiro atoms. The summed E-state index contributed by atoms with van der Waals surface area (Å²) in [5, 5.41) is 17.9. The monoisotopic (exact) mass is 118 g/mol. The minimum absolute atomic E-state index is 0.122. The van der Waals surface area contributed by atoms with Crippen LogP contribution in [0.2, 0.25) is 0 Å². The molecule has 4 nitrogen and oxygen atoms in total. The number of rotatable bonds is 2. The second-order valence-electron chi connectivity index (χ2n) is 1.58. The van der Waals surface area contributed by atoms with Gasteiger partial charge in [0, 0.05) is 0 Å². The van der Waals surface area contributed by atoms with E-state index in [1.807, 2.05) is 0 Å². The van der Waals surface area contributed by atoms with Crippen LogP contribution in [0, 0.1) is 5.21 Å². The lowest BCUT2D eigenvalue weighted by Gasteiger charge is -2.07. The summed E-state index contributed by atoms with van der Waals surface area (Å²) in [4.78, 5) is 10.0. The van der Waals surface area contributed by atoms with Gasteiger partial charge in [-0.3, -0.25) is 4.79 Å². The molecule has 0 radical (unpaired) electrons. The van der Waals surface area contributed by atoms with Gasteiger partial charge in [0.05, 0.1) is 12.5 Å².